The third-order valence-electron chi connectivity index (χ3n) is 10.8. The first-order chi connectivity index (χ1) is 24.9. The van der Waals surface area contributed by atoms with E-state index in [9.17, 15) is 10.5 Å². The summed E-state index contributed by atoms with van der Waals surface area (Å²) < 4.78 is 0. The van der Waals surface area contributed by atoms with Crippen molar-refractivity contribution in [1.82, 2.24) is 19.9 Å². The molecule has 0 radical (unpaired) electrons. The summed E-state index contributed by atoms with van der Waals surface area (Å²) in [6.45, 7) is 4.89. The van der Waals surface area contributed by atoms with E-state index in [0.29, 0.717) is 28.6 Å². The van der Waals surface area contributed by atoms with E-state index in [1.807, 2.05) is 48.8 Å². The molecule has 0 N–H and O–H groups in total. The molecule has 0 amide bonds. The minimum Gasteiger partial charge on any atom is -0.265 e. The molecule has 0 aliphatic heterocycles. The Morgan fingerprint density at radius 3 is 1.43 bits per heavy atom. The van der Waals surface area contributed by atoms with Crippen LogP contribution in [0.3, 0.4) is 0 Å². The van der Waals surface area contributed by atoms with Crippen molar-refractivity contribution in [3.05, 3.63) is 132 Å². The van der Waals surface area contributed by atoms with Crippen LogP contribution >= 0.6 is 0 Å². The van der Waals surface area contributed by atoms with E-state index in [1.54, 1.807) is 24.3 Å². The third kappa shape index (κ3) is 6.54. The average Bonchev–Trinajstić information content (AvgIpc) is 3.17. The van der Waals surface area contributed by atoms with Gasteiger partial charge >= 0.3 is 0 Å². The van der Waals surface area contributed by atoms with Crippen LogP contribution in [0.2, 0.25) is 0 Å². The van der Waals surface area contributed by atoms with Gasteiger partial charge in [0.1, 0.15) is 0 Å². The van der Waals surface area contributed by atoms with Gasteiger partial charge in [-0.05, 0) is 162 Å². The minimum absolute atomic E-state index is 0.275. The van der Waals surface area contributed by atoms with Gasteiger partial charge in [-0.3, -0.25) is 4.98 Å². The Labute approximate surface area is 299 Å². The van der Waals surface area contributed by atoms with Gasteiger partial charge in [0.05, 0.1) is 23.3 Å². The van der Waals surface area contributed by atoms with Crippen LogP contribution in [0.4, 0.5) is 0 Å². The van der Waals surface area contributed by atoms with Gasteiger partial charge in [-0.15, -0.1) is 0 Å². The predicted molar refractivity (Wildman–Crippen MR) is 201 cm³/mol. The first kappa shape index (κ1) is 32.2. The molecule has 4 atom stereocenters. The topological polar surface area (TPSA) is 99.1 Å². The average molecular weight is 663 g/mol. The SMILES string of the molecule is C[C@@H]1CC2C[C@H](C)CC(c3ccc(-c4cc(-c5ccncc5)cc(-c5nc(-c6ccc(C#N)cc6)nc(-c6ccc(C#N)cc6)n5)c4)cc3)(C2)C1. The van der Waals surface area contributed by atoms with Gasteiger partial charge in [0.25, 0.3) is 0 Å². The molecule has 6 heteroatoms. The number of hydrogen-bond acceptors (Lipinski definition) is 6. The predicted octanol–water partition coefficient (Wildman–Crippen LogP) is 10.4. The van der Waals surface area contributed by atoms with Crippen LogP contribution in [0.1, 0.15) is 62.6 Å². The molecule has 2 bridgehead atoms. The zero-order valence-electron chi connectivity index (χ0n) is 28.9. The van der Waals surface area contributed by atoms with Crippen LogP contribution in [-0.2, 0) is 5.41 Å². The summed E-state index contributed by atoms with van der Waals surface area (Å²) in [5, 5.41) is 18.8. The molecule has 2 fully saturated rings. The van der Waals surface area contributed by atoms with Crippen LogP contribution in [0, 0.1) is 40.4 Å². The minimum atomic E-state index is 0.275. The maximum atomic E-state index is 9.39. The monoisotopic (exact) mass is 662 g/mol. The number of aromatic nitrogens is 4. The molecule has 2 aliphatic rings. The van der Waals surface area contributed by atoms with E-state index in [1.165, 1.54) is 37.7 Å². The van der Waals surface area contributed by atoms with Gasteiger partial charge in [-0.2, -0.15) is 10.5 Å². The van der Waals surface area contributed by atoms with Crippen LogP contribution in [0.15, 0.2) is 116 Å². The van der Waals surface area contributed by atoms with Crippen LogP contribution in [-0.4, -0.2) is 19.9 Å². The Bertz CT molecular complexity index is 2190. The number of nitriles is 2. The molecular formula is C45H38N6. The van der Waals surface area contributed by atoms with E-state index < -0.39 is 0 Å². The zero-order chi connectivity index (χ0) is 35.0. The van der Waals surface area contributed by atoms with Crippen molar-refractivity contribution in [2.45, 2.75) is 51.4 Å². The Morgan fingerprint density at radius 1 is 0.510 bits per heavy atom. The highest BCUT2D eigenvalue weighted by molar-refractivity contribution is 5.80. The lowest BCUT2D eigenvalue weighted by Gasteiger charge is -2.50. The number of benzene rings is 4. The summed E-state index contributed by atoms with van der Waals surface area (Å²) >= 11 is 0. The Hall–Kier alpha value is -5.98. The molecule has 2 aliphatic carbocycles. The molecule has 6 nitrogen and oxygen atoms in total. The lowest BCUT2D eigenvalue weighted by molar-refractivity contribution is 0.0780. The standard InChI is InChI=1S/C45H38N6/c1-29-19-33-20-30(2)25-45(24-29,26-33)41-13-11-34(12-14-41)38-21-39(35-15-17-48-18-16-35)23-40(22-38)44-50-42(36-7-3-31(27-46)4-8-36)49-43(51-44)37-9-5-32(28-47)6-10-37/h3-18,21-23,29-30,33H,19-20,24-26H2,1-2H3/t29-,30+,33?,45?. The van der Waals surface area contributed by atoms with Crippen LogP contribution in [0.25, 0.3) is 56.4 Å². The third-order valence-corrected chi connectivity index (χ3v) is 10.8. The highest BCUT2D eigenvalue weighted by Crippen LogP contribution is 2.54. The van der Waals surface area contributed by atoms with Crippen molar-refractivity contribution >= 4 is 0 Å². The second-order valence-electron chi connectivity index (χ2n) is 14.7. The largest absolute Gasteiger partial charge is 0.265 e. The van der Waals surface area contributed by atoms with Gasteiger partial charge in [-0.1, -0.05) is 38.1 Å². The number of fused-ring (bicyclic) bond motifs is 2. The quantitative estimate of drug-likeness (QED) is 0.176. The zero-order valence-corrected chi connectivity index (χ0v) is 28.9. The van der Waals surface area contributed by atoms with Crippen molar-refractivity contribution in [2.75, 3.05) is 0 Å². The lowest BCUT2D eigenvalue weighted by Crippen LogP contribution is -2.42. The van der Waals surface area contributed by atoms with Crippen LogP contribution in [0.5, 0.6) is 0 Å². The fourth-order valence-electron chi connectivity index (χ4n) is 8.86. The highest BCUT2D eigenvalue weighted by Gasteiger charge is 2.45. The second kappa shape index (κ2) is 13.4. The molecular weight excluding hydrogens is 625 g/mol. The second-order valence-corrected chi connectivity index (χ2v) is 14.7. The molecule has 2 unspecified atom stereocenters. The number of hydrogen-bond donors (Lipinski definition) is 0. The molecule has 4 aromatic carbocycles. The van der Waals surface area contributed by atoms with Gasteiger partial charge in [0, 0.05) is 29.1 Å². The maximum absolute atomic E-state index is 9.39. The number of rotatable bonds is 6. The van der Waals surface area contributed by atoms with Crippen molar-refractivity contribution in [3.8, 4) is 68.6 Å². The van der Waals surface area contributed by atoms with Crippen molar-refractivity contribution < 1.29 is 0 Å². The summed E-state index contributed by atoms with van der Waals surface area (Å²) in [5.74, 6) is 3.91. The van der Waals surface area contributed by atoms with Gasteiger partial charge in [-0.25, -0.2) is 15.0 Å². The van der Waals surface area contributed by atoms with E-state index in [4.69, 9.17) is 15.0 Å². The molecule has 2 aromatic heterocycles. The molecule has 0 spiro atoms. The van der Waals surface area contributed by atoms with Crippen molar-refractivity contribution in [1.29, 1.82) is 10.5 Å². The van der Waals surface area contributed by atoms with E-state index in [-0.39, 0.29) is 5.41 Å². The molecule has 6 aromatic rings. The lowest BCUT2D eigenvalue weighted by atomic mass is 9.54. The summed E-state index contributed by atoms with van der Waals surface area (Å²) in [6, 6.07) is 38.8. The first-order valence-electron chi connectivity index (χ1n) is 17.8. The van der Waals surface area contributed by atoms with E-state index in [0.717, 1.165) is 56.7 Å². The van der Waals surface area contributed by atoms with Gasteiger partial charge in [0.2, 0.25) is 0 Å². The van der Waals surface area contributed by atoms with Gasteiger partial charge < -0.3 is 0 Å². The number of pyridine rings is 1. The highest BCUT2D eigenvalue weighted by atomic mass is 15.0. The van der Waals surface area contributed by atoms with E-state index >= 15 is 0 Å². The van der Waals surface area contributed by atoms with Gasteiger partial charge in [0.15, 0.2) is 17.5 Å². The number of nitrogens with zero attached hydrogens (tertiary/aromatic N) is 6. The maximum Gasteiger partial charge on any atom is 0.164 e. The van der Waals surface area contributed by atoms with Crippen molar-refractivity contribution in [2.24, 2.45) is 17.8 Å². The van der Waals surface area contributed by atoms with Crippen LogP contribution < -0.4 is 0 Å². The summed E-state index contributed by atoms with van der Waals surface area (Å²) in [4.78, 5) is 19.2. The fourth-order valence-corrected chi connectivity index (χ4v) is 8.86. The van der Waals surface area contributed by atoms with E-state index in [2.05, 4.69) is 73.4 Å². The summed E-state index contributed by atoms with van der Waals surface area (Å²) in [7, 11) is 0. The normalized spacial score (nSPS) is 21.0. The Morgan fingerprint density at radius 2 is 0.941 bits per heavy atom. The molecule has 2 heterocycles. The summed E-state index contributed by atoms with van der Waals surface area (Å²) in [5.41, 5.74) is 9.63. The summed E-state index contributed by atoms with van der Waals surface area (Å²) in [6.07, 6.45) is 10.2. The Balaban J connectivity index is 1.25. The molecule has 8 rings (SSSR count). The first-order valence-corrected chi connectivity index (χ1v) is 17.8. The van der Waals surface area contributed by atoms with Crippen molar-refractivity contribution in [3.63, 3.8) is 0 Å². The smallest absolute Gasteiger partial charge is 0.164 e. The Kier molecular flexibility index (Phi) is 8.46. The molecule has 248 valence electrons. The molecule has 51 heavy (non-hydrogen) atoms. The molecule has 0 saturated heterocycles. The fraction of sp³-hybridized carbons (Fsp3) is 0.244. The molecule has 2 saturated carbocycles.